The minimum absolute atomic E-state index is 0.145. The van der Waals surface area contributed by atoms with Gasteiger partial charge in [0.25, 0.3) is 0 Å². The third-order valence-corrected chi connectivity index (χ3v) is 3.93. The molecule has 4 heteroatoms. The molecule has 2 aliphatic heterocycles. The Hall–Kier alpha value is -1.55. The minimum Gasteiger partial charge on any atom is -0.492 e. The largest absolute Gasteiger partial charge is 0.492 e. The molecule has 0 aromatic heterocycles. The second-order valence-electron chi connectivity index (χ2n) is 4.96. The number of nitrogens with two attached hydrogens (primary N) is 1. The number of nitrogens with zero attached hydrogens (tertiary/aromatic N) is 1. The van der Waals surface area contributed by atoms with E-state index in [-0.39, 0.29) is 17.9 Å². The zero-order valence-corrected chi connectivity index (χ0v) is 10.3. The molecule has 96 valence electrons. The molecule has 0 saturated carbocycles. The third-order valence-electron chi connectivity index (χ3n) is 3.93. The van der Waals surface area contributed by atoms with Crippen molar-refractivity contribution in [1.29, 1.82) is 0 Å². The van der Waals surface area contributed by atoms with E-state index >= 15 is 0 Å². The number of hydrogen-bond donors (Lipinski definition) is 1. The van der Waals surface area contributed by atoms with Gasteiger partial charge in [0, 0.05) is 24.7 Å². The number of carbonyl (C=O) groups excluding carboxylic acids is 1. The van der Waals surface area contributed by atoms with E-state index in [2.05, 4.69) is 0 Å². The molecule has 2 aliphatic rings. The average Bonchev–Trinajstić information content (AvgIpc) is 3.04. The highest BCUT2D eigenvalue weighted by Gasteiger charge is 2.37. The minimum atomic E-state index is -0.145. The van der Waals surface area contributed by atoms with Crippen molar-refractivity contribution < 1.29 is 9.53 Å². The van der Waals surface area contributed by atoms with Gasteiger partial charge in [-0.15, -0.1) is 0 Å². The van der Waals surface area contributed by atoms with E-state index in [1.54, 1.807) is 0 Å². The van der Waals surface area contributed by atoms with Gasteiger partial charge in [-0.1, -0.05) is 18.2 Å². The summed E-state index contributed by atoms with van der Waals surface area (Å²) in [5, 5.41) is 0. The fourth-order valence-electron chi connectivity index (χ4n) is 2.94. The lowest BCUT2D eigenvalue weighted by Gasteiger charge is -2.26. The monoisotopic (exact) mass is 246 g/mol. The molecule has 0 unspecified atom stereocenters. The smallest absolute Gasteiger partial charge is 0.234 e. The van der Waals surface area contributed by atoms with Crippen LogP contribution in [0, 0.1) is 0 Å². The number of ether oxygens (including phenoxy) is 1. The van der Waals surface area contributed by atoms with Crippen LogP contribution in [-0.4, -0.2) is 36.5 Å². The van der Waals surface area contributed by atoms with Crippen molar-refractivity contribution in [3.63, 3.8) is 0 Å². The van der Waals surface area contributed by atoms with Crippen LogP contribution in [0.5, 0.6) is 5.75 Å². The van der Waals surface area contributed by atoms with Crippen LogP contribution in [0.25, 0.3) is 0 Å². The fourth-order valence-corrected chi connectivity index (χ4v) is 2.94. The zero-order chi connectivity index (χ0) is 12.5. The van der Waals surface area contributed by atoms with Crippen molar-refractivity contribution in [2.45, 2.75) is 24.8 Å². The van der Waals surface area contributed by atoms with E-state index in [0.29, 0.717) is 13.2 Å². The van der Waals surface area contributed by atoms with E-state index < -0.39 is 0 Å². The van der Waals surface area contributed by atoms with Crippen molar-refractivity contribution >= 4 is 5.91 Å². The molecule has 1 amide bonds. The molecule has 2 N–H and O–H groups in total. The van der Waals surface area contributed by atoms with Gasteiger partial charge >= 0.3 is 0 Å². The molecule has 0 bridgehead atoms. The summed E-state index contributed by atoms with van der Waals surface area (Å²) < 4.78 is 5.58. The molecule has 0 aliphatic carbocycles. The molecule has 0 radical (unpaired) electrons. The second kappa shape index (κ2) is 4.61. The van der Waals surface area contributed by atoms with Crippen molar-refractivity contribution in [1.82, 2.24) is 4.90 Å². The van der Waals surface area contributed by atoms with Gasteiger partial charge in [0.15, 0.2) is 0 Å². The lowest BCUT2D eigenvalue weighted by Crippen LogP contribution is -2.42. The first kappa shape index (κ1) is 11.5. The molecule has 4 nitrogen and oxygen atoms in total. The summed E-state index contributed by atoms with van der Waals surface area (Å²) in [6.45, 7) is 1.85. The van der Waals surface area contributed by atoms with E-state index in [0.717, 1.165) is 30.7 Å². The lowest BCUT2D eigenvalue weighted by atomic mass is 9.99. The molecule has 1 saturated heterocycles. The summed E-state index contributed by atoms with van der Waals surface area (Å²) in [5.74, 6) is 0.876. The van der Waals surface area contributed by atoms with Crippen molar-refractivity contribution in [2.24, 2.45) is 5.73 Å². The highest BCUT2D eigenvalue weighted by molar-refractivity contribution is 5.86. The predicted molar refractivity (Wildman–Crippen MR) is 68.5 cm³/mol. The number of carbonyl (C=O) groups is 1. The Kier molecular flexibility index (Phi) is 2.96. The summed E-state index contributed by atoms with van der Waals surface area (Å²) in [6.07, 6.45) is 2.08. The summed E-state index contributed by atoms with van der Waals surface area (Å²) in [5.41, 5.74) is 6.75. The summed E-state index contributed by atoms with van der Waals surface area (Å²) in [7, 11) is 0. The maximum absolute atomic E-state index is 12.6. The van der Waals surface area contributed by atoms with Gasteiger partial charge in [0.1, 0.15) is 18.3 Å². The van der Waals surface area contributed by atoms with Gasteiger partial charge in [0.05, 0.1) is 0 Å². The van der Waals surface area contributed by atoms with Gasteiger partial charge in [-0.05, 0) is 18.9 Å². The highest BCUT2D eigenvalue weighted by atomic mass is 16.5. The number of amides is 1. The highest BCUT2D eigenvalue weighted by Crippen LogP contribution is 2.35. The van der Waals surface area contributed by atoms with Gasteiger partial charge in [-0.2, -0.15) is 0 Å². The maximum Gasteiger partial charge on any atom is 0.234 e. The van der Waals surface area contributed by atoms with E-state index in [1.165, 1.54) is 0 Å². The van der Waals surface area contributed by atoms with Crippen LogP contribution in [0.2, 0.25) is 0 Å². The van der Waals surface area contributed by atoms with Crippen molar-refractivity contribution in [3.8, 4) is 5.75 Å². The Bertz CT molecular complexity index is 461. The Labute approximate surface area is 107 Å². The fraction of sp³-hybridized carbons (Fsp3) is 0.500. The Morgan fingerprint density at radius 1 is 1.44 bits per heavy atom. The molecule has 1 aromatic rings. The topological polar surface area (TPSA) is 55.6 Å². The van der Waals surface area contributed by atoms with Crippen LogP contribution < -0.4 is 10.5 Å². The second-order valence-corrected chi connectivity index (χ2v) is 4.96. The number of para-hydroxylation sites is 1. The molecule has 0 spiro atoms. The number of fused-ring (bicyclic) bond motifs is 1. The third kappa shape index (κ3) is 1.77. The average molecular weight is 246 g/mol. The molecule has 1 aromatic carbocycles. The molecule has 18 heavy (non-hydrogen) atoms. The van der Waals surface area contributed by atoms with E-state index in [4.69, 9.17) is 10.5 Å². The maximum atomic E-state index is 12.6. The Morgan fingerprint density at radius 3 is 3.11 bits per heavy atom. The standard InChI is InChI=1S/C14H18N2O2/c15-8-10-4-3-7-16(10)14(17)12-9-18-13-6-2-1-5-11(12)13/h1-2,5-6,10,12H,3-4,7-9,15H2/t10-,12-/m1/s1. The van der Waals surface area contributed by atoms with Crippen LogP contribution >= 0.6 is 0 Å². The normalized spacial score (nSPS) is 25.9. The van der Waals surface area contributed by atoms with Crippen LogP contribution in [0.3, 0.4) is 0 Å². The van der Waals surface area contributed by atoms with Gasteiger partial charge in [0.2, 0.25) is 5.91 Å². The first-order valence-corrected chi connectivity index (χ1v) is 6.53. The van der Waals surface area contributed by atoms with Gasteiger partial charge < -0.3 is 15.4 Å². The first-order valence-electron chi connectivity index (χ1n) is 6.53. The Balaban J connectivity index is 1.82. The van der Waals surface area contributed by atoms with E-state index in [9.17, 15) is 4.79 Å². The number of likely N-dealkylation sites (tertiary alicyclic amines) is 1. The Morgan fingerprint density at radius 2 is 2.28 bits per heavy atom. The van der Waals surface area contributed by atoms with E-state index in [1.807, 2.05) is 29.2 Å². The quantitative estimate of drug-likeness (QED) is 0.850. The summed E-state index contributed by atoms with van der Waals surface area (Å²) >= 11 is 0. The molecule has 2 heterocycles. The molecule has 1 fully saturated rings. The van der Waals surface area contributed by atoms with Crippen LogP contribution in [0.1, 0.15) is 24.3 Å². The SMILES string of the molecule is NC[C@H]1CCCN1C(=O)[C@@H]1COc2ccccc21. The predicted octanol–water partition coefficient (Wildman–Crippen LogP) is 1.11. The molecular formula is C14H18N2O2. The molecule has 2 atom stereocenters. The number of hydrogen-bond acceptors (Lipinski definition) is 3. The zero-order valence-electron chi connectivity index (χ0n) is 10.3. The van der Waals surface area contributed by atoms with Crippen LogP contribution in [-0.2, 0) is 4.79 Å². The first-order chi connectivity index (χ1) is 8.81. The summed E-state index contributed by atoms with van der Waals surface area (Å²) in [4.78, 5) is 14.5. The van der Waals surface area contributed by atoms with Crippen LogP contribution in [0.4, 0.5) is 0 Å². The van der Waals surface area contributed by atoms with Crippen LogP contribution in [0.15, 0.2) is 24.3 Å². The van der Waals surface area contributed by atoms with Crippen molar-refractivity contribution in [2.75, 3.05) is 19.7 Å². The molecular weight excluding hydrogens is 228 g/mol. The lowest BCUT2D eigenvalue weighted by molar-refractivity contribution is -0.133. The number of benzene rings is 1. The number of rotatable bonds is 2. The van der Waals surface area contributed by atoms with Gasteiger partial charge in [-0.3, -0.25) is 4.79 Å². The summed E-state index contributed by atoms with van der Waals surface area (Å²) in [6, 6.07) is 8.01. The van der Waals surface area contributed by atoms with Gasteiger partial charge in [-0.25, -0.2) is 0 Å². The van der Waals surface area contributed by atoms with Crippen molar-refractivity contribution in [3.05, 3.63) is 29.8 Å². The molecule has 3 rings (SSSR count).